The fraction of sp³-hybridized carbons (Fsp3) is 0.174. The first kappa shape index (κ1) is 19.2. The molecule has 0 saturated carbocycles. The molecule has 4 aromatic rings. The zero-order valence-corrected chi connectivity index (χ0v) is 17.3. The van der Waals surface area contributed by atoms with Gasteiger partial charge in [-0.3, -0.25) is 9.55 Å². The monoisotopic (exact) mass is 402 g/mol. The van der Waals surface area contributed by atoms with Crippen LogP contribution in [-0.2, 0) is 5.75 Å². The molecule has 146 valence electrons. The number of hydrogen-bond acceptors (Lipinski definition) is 5. The first-order valence-electron chi connectivity index (χ1n) is 9.52. The Hall–Kier alpha value is -3.12. The number of pyridine rings is 1. The van der Waals surface area contributed by atoms with Crippen molar-refractivity contribution >= 4 is 11.8 Å². The van der Waals surface area contributed by atoms with Crippen LogP contribution in [0, 0.1) is 6.92 Å². The van der Waals surface area contributed by atoms with Gasteiger partial charge in [0.05, 0.1) is 6.61 Å². The Labute approximate surface area is 174 Å². The van der Waals surface area contributed by atoms with E-state index in [1.807, 2.05) is 43.3 Å². The molecule has 6 heteroatoms. The summed E-state index contributed by atoms with van der Waals surface area (Å²) in [7, 11) is 0. The molecule has 5 nitrogen and oxygen atoms in total. The molecule has 2 heterocycles. The van der Waals surface area contributed by atoms with Crippen molar-refractivity contribution in [3.63, 3.8) is 0 Å². The first-order valence-corrected chi connectivity index (χ1v) is 10.5. The molecular formula is C23H22N4OS. The Balaban J connectivity index is 1.70. The SMILES string of the molecule is CCOc1ccc(-n2c(SCc3cccc(C)c3)nnc2-c2ccncc2)cc1. The number of ether oxygens (including phenoxy) is 1. The second-order valence-electron chi connectivity index (χ2n) is 6.58. The highest BCUT2D eigenvalue weighted by Gasteiger charge is 2.16. The largest absolute Gasteiger partial charge is 0.494 e. The highest BCUT2D eigenvalue weighted by atomic mass is 32.2. The number of nitrogens with zero attached hydrogens (tertiary/aromatic N) is 4. The molecule has 0 amide bonds. The molecule has 0 aliphatic carbocycles. The average Bonchev–Trinajstić information content (AvgIpc) is 3.18. The maximum atomic E-state index is 5.59. The van der Waals surface area contributed by atoms with Crippen LogP contribution < -0.4 is 4.74 Å². The van der Waals surface area contributed by atoms with E-state index in [1.54, 1.807) is 24.2 Å². The van der Waals surface area contributed by atoms with E-state index in [2.05, 4.69) is 50.9 Å². The lowest BCUT2D eigenvalue weighted by Crippen LogP contribution is -2.00. The standard InChI is InChI=1S/C23H22N4OS/c1-3-28-21-9-7-20(8-10-21)27-22(19-11-13-24-14-12-19)25-26-23(27)29-16-18-6-4-5-17(2)15-18/h4-15H,3,16H2,1-2H3. The third-order valence-electron chi connectivity index (χ3n) is 4.43. The Morgan fingerprint density at radius 1 is 0.966 bits per heavy atom. The number of thioether (sulfide) groups is 1. The van der Waals surface area contributed by atoms with Crippen LogP contribution in [0.4, 0.5) is 0 Å². The normalized spacial score (nSPS) is 10.8. The highest BCUT2D eigenvalue weighted by molar-refractivity contribution is 7.98. The van der Waals surface area contributed by atoms with Crippen LogP contribution in [0.25, 0.3) is 17.1 Å². The summed E-state index contributed by atoms with van der Waals surface area (Å²) >= 11 is 1.68. The van der Waals surface area contributed by atoms with E-state index in [-0.39, 0.29) is 0 Å². The molecule has 0 atom stereocenters. The zero-order chi connectivity index (χ0) is 20.1. The smallest absolute Gasteiger partial charge is 0.196 e. The van der Waals surface area contributed by atoms with E-state index in [0.717, 1.165) is 33.7 Å². The van der Waals surface area contributed by atoms with Gasteiger partial charge < -0.3 is 4.74 Å². The third-order valence-corrected chi connectivity index (χ3v) is 5.43. The van der Waals surface area contributed by atoms with Gasteiger partial charge in [-0.25, -0.2) is 0 Å². The van der Waals surface area contributed by atoms with E-state index >= 15 is 0 Å². The molecule has 0 bridgehead atoms. The molecule has 0 radical (unpaired) electrons. The third kappa shape index (κ3) is 4.49. The van der Waals surface area contributed by atoms with Crippen LogP contribution in [-0.4, -0.2) is 26.4 Å². The number of rotatable bonds is 7. The zero-order valence-electron chi connectivity index (χ0n) is 16.4. The molecule has 0 N–H and O–H groups in total. The number of aryl methyl sites for hydroxylation is 1. The Bertz CT molecular complexity index is 1080. The fourth-order valence-electron chi connectivity index (χ4n) is 3.09. The predicted molar refractivity (Wildman–Crippen MR) is 116 cm³/mol. The first-order chi connectivity index (χ1) is 14.2. The number of aromatic nitrogens is 4. The van der Waals surface area contributed by atoms with Crippen molar-refractivity contribution in [1.29, 1.82) is 0 Å². The molecule has 0 unspecified atom stereocenters. The van der Waals surface area contributed by atoms with Crippen LogP contribution in [0.1, 0.15) is 18.1 Å². The van der Waals surface area contributed by atoms with Gasteiger partial charge in [-0.15, -0.1) is 10.2 Å². The van der Waals surface area contributed by atoms with E-state index in [0.29, 0.717) is 6.61 Å². The van der Waals surface area contributed by atoms with Gasteiger partial charge in [0.2, 0.25) is 0 Å². The van der Waals surface area contributed by atoms with E-state index < -0.39 is 0 Å². The summed E-state index contributed by atoms with van der Waals surface area (Å²) in [5.41, 5.74) is 4.50. The second-order valence-corrected chi connectivity index (χ2v) is 7.52. The summed E-state index contributed by atoms with van der Waals surface area (Å²) in [5, 5.41) is 9.82. The van der Waals surface area contributed by atoms with Crippen molar-refractivity contribution in [2.75, 3.05) is 6.61 Å². The van der Waals surface area contributed by atoms with Crippen LogP contribution in [0.3, 0.4) is 0 Å². The maximum Gasteiger partial charge on any atom is 0.196 e. The molecule has 0 spiro atoms. The molecule has 0 fully saturated rings. The van der Waals surface area contributed by atoms with Crippen LogP contribution >= 0.6 is 11.8 Å². The van der Waals surface area contributed by atoms with Crippen molar-refractivity contribution in [1.82, 2.24) is 19.7 Å². The minimum atomic E-state index is 0.645. The molecular weight excluding hydrogens is 380 g/mol. The molecule has 0 saturated heterocycles. The van der Waals surface area contributed by atoms with Gasteiger partial charge in [-0.2, -0.15) is 0 Å². The summed E-state index contributed by atoms with van der Waals surface area (Å²) < 4.78 is 7.67. The summed E-state index contributed by atoms with van der Waals surface area (Å²) in [4.78, 5) is 4.12. The van der Waals surface area contributed by atoms with E-state index in [4.69, 9.17) is 4.74 Å². The number of benzene rings is 2. The maximum absolute atomic E-state index is 5.59. The summed E-state index contributed by atoms with van der Waals surface area (Å²) in [6.07, 6.45) is 3.54. The predicted octanol–water partition coefficient (Wildman–Crippen LogP) is 5.33. The van der Waals surface area contributed by atoms with Gasteiger partial charge >= 0.3 is 0 Å². The van der Waals surface area contributed by atoms with Gasteiger partial charge in [0.15, 0.2) is 11.0 Å². The lowest BCUT2D eigenvalue weighted by Gasteiger charge is -2.11. The van der Waals surface area contributed by atoms with Crippen molar-refractivity contribution in [3.05, 3.63) is 84.2 Å². The lowest BCUT2D eigenvalue weighted by molar-refractivity contribution is 0.340. The van der Waals surface area contributed by atoms with Gasteiger partial charge in [0.25, 0.3) is 0 Å². The summed E-state index contributed by atoms with van der Waals surface area (Å²) in [6, 6.07) is 20.5. The summed E-state index contributed by atoms with van der Waals surface area (Å²) in [6.45, 7) is 4.74. The summed E-state index contributed by atoms with van der Waals surface area (Å²) in [5.74, 6) is 2.47. The highest BCUT2D eigenvalue weighted by Crippen LogP contribution is 2.30. The number of hydrogen-bond donors (Lipinski definition) is 0. The minimum Gasteiger partial charge on any atom is -0.494 e. The fourth-order valence-corrected chi connectivity index (χ4v) is 3.99. The molecule has 2 aromatic heterocycles. The van der Waals surface area contributed by atoms with Crippen molar-refractivity contribution < 1.29 is 4.74 Å². The minimum absolute atomic E-state index is 0.645. The molecule has 2 aromatic carbocycles. The van der Waals surface area contributed by atoms with E-state index in [1.165, 1.54) is 11.1 Å². The molecule has 0 aliphatic rings. The molecule has 4 rings (SSSR count). The van der Waals surface area contributed by atoms with Crippen molar-refractivity contribution in [3.8, 4) is 22.8 Å². The van der Waals surface area contributed by atoms with Crippen molar-refractivity contribution in [2.24, 2.45) is 0 Å². The quantitative estimate of drug-likeness (QED) is 0.391. The topological polar surface area (TPSA) is 52.8 Å². The van der Waals surface area contributed by atoms with Gasteiger partial charge in [-0.1, -0.05) is 41.6 Å². The Morgan fingerprint density at radius 3 is 2.48 bits per heavy atom. The molecule has 0 aliphatic heterocycles. The van der Waals surface area contributed by atoms with Gasteiger partial charge in [-0.05, 0) is 55.8 Å². The Morgan fingerprint density at radius 2 is 1.76 bits per heavy atom. The van der Waals surface area contributed by atoms with Gasteiger partial charge in [0, 0.05) is 29.4 Å². The second kappa shape index (κ2) is 8.92. The van der Waals surface area contributed by atoms with Crippen LogP contribution in [0.2, 0.25) is 0 Å². The van der Waals surface area contributed by atoms with Gasteiger partial charge in [0.1, 0.15) is 5.75 Å². The van der Waals surface area contributed by atoms with E-state index in [9.17, 15) is 0 Å². The Kier molecular flexibility index (Phi) is 5.91. The lowest BCUT2D eigenvalue weighted by atomic mass is 10.2. The van der Waals surface area contributed by atoms with Crippen LogP contribution in [0.15, 0.2) is 78.2 Å². The molecule has 29 heavy (non-hydrogen) atoms. The van der Waals surface area contributed by atoms with Crippen molar-refractivity contribution in [2.45, 2.75) is 24.8 Å². The van der Waals surface area contributed by atoms with Crippen LogP contribution in [0.5, 0.6) is 5.75 Å². The average molecular weight is 403 g/mol.